The molecule has 0 aromatic carbocycles. The van der Waals surface area contributed by atoms with E-state index in [0.717, 1.165) is 12.5 Å². The molecule has 1 nitrogen and oxygen atoms in total. The SMILES string of the molecule is CC.CC.CCC(C)CCOC. The summed E-state index contributed by atoms with van der Waals surface area (Å²) in [4.78, 5) is 0. The first-order chi connectivity index (χ1) is 5.81. The second-order valence-corrected chi connectivity index (χ2v) is 2.29. The zero-order chi connectivity index (χ0) is 10.4. The van der Waals surface area contributed by atoms with Gasteiger partial charge in [-0.1, -0.05) is 48.0 Å². The van der Waals surface area contributed by atoms with E-state index >= 15 is 0 Å². The molecule has 1 atom stereocenters. The van der Waals surface area contributed by atoms with E-state index < -0.39 is 0 Å². The van der Waals surface area contributed by atoms with Crippen molar-refractivity contribution >= 4 is 0 Å². The molecule has 0 saturated carbocycles. The zero-order valence-corrected chi connectivity index (χ0v) is 10.1. The van der Waals surface area contributed by atoms with Crippen molar-refractivity contribution in [3.05, 3.63) is 0 Å². The minimum Gasteiger partial charge on any atom is -0.385 e. The van der Waals surface area contributed by atoms with Gasteiger partial charge in [-0.05, 0) is 12.3 Å². The fraction of sp³-hybridized carbons (Fsp3) is 1.00. The van der Waals surface area contributed by atoms with Gasteiger partial charge in [-0.15, -0.1) is 0 Å². The van der Waals surface area contributed by atoms with Crippen LogP contribution in [0.15, 0.2) is 0 Å². The van der Waals surface area contributed by atoms with Crippen molar-refractivity contribution in [2.24, 2.45) is 5.92 Å². The normalized spacial score (nSPS) is 10.2. The molecule has 0 spiro atoms. The lowest BCUT2D eigenvalue weighted by atomic mass is 10.1. The quantitative estimate of drug-likeness (QED) is 0.626. The summed E-state index contributed by atoms with van der Waals surface area (Å²) in [6.45, 7) is 13.4. The Hall–Kier alpha value is -0.0400. The molecule has 0 N–H and O–H groups in total. The summed E-state index contributed by atoms with van der Waals surface area (Å²) < 4.78 is 4.91. The van der Waals surface area contributed by atoms with Gasteiger partial charge in [0.2, 0.25) is 0 Å². The molecule has 0 bridgehead atoms. The third kappa shape index (κ3) is 22.5. The third-order valence-electron chi connectivity index (χ3n) is 1.51. The van der Waals surface area contributed by atoms with Crippen LogP contribution in [0.5, 0.6) is 0 Å². The number of hydrogen-bond acceptors (Lipinski definition) is 1. The Labute approximate surface area is 79.5 Å². The van der Waals surface area contributed by atoms with Crippen LogP contribution in [0, 0.1) is 5.92 Å². The summed E-state index contributed by atoms with van der Waals surface area (Å²) in [5.41, 5.74) is 0. The maximum absolute atomic E-state index is 4.91. The monoisotopic (exact) mass is 176 g/mol. The first-order valence-corrected chi connectivity index (χ1v) is 5.30. The van der Waals surface area contributed by atoms with Crippen molar-refractivity contribution < 1.29 is 4.74 Å². The van der Waals surface area contributed by atoms with Crippen molar-refractivity contribution in [1.29, 1.82) is 0 Å². The van der Waals surface area contributed by atoms with Gasteiger partial charge in [0.1, 0.15) is 0 Å². The van der Waals surface area contributed by atoms with Crippen molar-refractivity contribution in [2.45, 2.75) is 54.4 Å². The average Bonchev–Trinajstić information content (AvgIpc) is 2.20. The summed E-state index contributed by atoms with van der Waals surface area (Å²) in [7, 11) is 1.75. The van der Waals surface area contributed by atoms with E-state index in [0.29, 0.717) is 0 Å². The lowest BCUT2D eigenvalue weighted by molar-refractivity contribution is 0.179. The molecule has 0 aliphatic carbocycles. The highest BCUT2D eigenvalue weighted by Gasteiger charge is 1.95. The van der Waals surface area contributed by atoms with Crippen molar-refractivity contribution in [3.63, 3.8) is 0 Å². The number of methoxy groups -OCH3 is 1. The number of ether oxygens (including phenoxy) is 1. The molecule has 0 aromatic heterocycles. The van der Waals surface area contributed by atoms with E-state index in [4.69, 9.17) is 4.74 Å². The molecular weight excluding hydrogens is 148 g/mol. The first kappa shape index (κ1) is 17.9. The summed E-state index contributed by atoms with van der Waals surface area (Å²) >= 11 is 0. The summed E-state index contributed by atoms with van der Waals surface area (Å²) in [6.07, 6.45) is 2.47. The topological polar surface area (TPSA) is 9.23 Å². The highest BCUT2D eigenvalue weighted by Crippen LogP contribution is 2.04. The smallest absolute Gasteiger partial charge is 0.0464 e. The Balaban J connectivity index is -0.000000175. The minimum absolute atomic E-state index is 0.829. The van der Waals surface area contributed by atoms with Gasteiger partial charge in [-0.2, -0.15) is 0 Å². The molecule has 0 radical (unpaired) electrons. The predicted molar refractivity (Wildman–Crippen MR) is 58.6 cm³/mol. The minimum atomic E-state index is 0.829. The van der Waals surface area contributed by atoms with E-state index in [1.807, 2.05) is 27.7 Å². The van der Waals surface area contributed by atoms with Gasteiger partial charge in [-0.25, -0.2) is 0 Å². The Morgan fingerprint density at radius 2 is 1.50 bits per heavy atom. The van der Waals surface area contributed by atoms with Gasteiger partial charge in [0.15, 0.2) is 0 Å². The number of rotatable bonds is 4. The molecule has 0 aromatic rings. The van der Waals surface area contributed by atoms with Gasteiger partial charge in [0.05, 0.1) is 0 Å². The second-order valence-electron chi connectivity index (χ2n) is 2.29. The largest absolute Gasteiger partial charge is 0.385 e. The lowest BCUT2D eigenvalue weighted by Gasteiger charge is -2.04. The van der Waals surface area contributed by atoms with Gasteiger partial charge in [-0.3, -0.25) is 0 Å². The zero-order valence-electron chi connectivity index (χ0n) is 10.1. The van der Waals surface area contributed by atoms with Crippen LogP contribution >= 0.6 is 0 Å². The van der Waals surface area contributed by atoms with E-state index in [1.165, 1.54) is 12.8 Å². The Morgan fingerprint density at radius 3 is 1.75 bits per heavy atom. The highest BCUT2D eigenvalue weighted by atomic mass is 16.5. The van der Waals surface area contributed by atoms with Gasteiger partial charge < -0.3 is 4.74 Å². The molecule has 0 saturated heterocycles. The van der Waals surface area contributed by atoms with Crippen LogP contribution in [0.25, 0.3) is 0 Å². The van der Waals surface area contributed by atoms with Crippen LogP contribution in [-0.2, 0) is 4.74 Å². The van der Waals surface area contributed by atoms with Crippen LogP contribution in [0.1, 0.15) is 54.4 Å². The Morgan fingerprint density at radius 1 is 1.08 bits per heavy atom. The maximum Gasteiger partial charge on any atom is 0.0464 e. The lowest BCUT2D eigenvalue weighted by Crippen LogP contribution is -1.97. The molecule has 0 aliphatic rings. The summed E-state index contributed by atoms with van der Waals surface area (Å²) in [5, 5.41) is 0. The second kappa shape index (κ2) is 22.4. The average molecular weight is 176 g/mol. The third-order valence-corrected chi connectivity index (χ3v) is 1.51. The van der Waals surface area contributed by atoms with Crippen LogP contribution in [0.4, 0.5) is 0 Å². The highest BCUT2D eigenvalue weighted by molar-refractivity contribution is 4.46. The van der Waals surface area contributed by atoms with Crippen molar-refractivity contribution in [1.82, 2.24) is 0 Å². The van der Waals surface area contributed by atoms with Gasteiger partial charge in [0, 0.05) is 13.7 Å². The van der Waals surface area contributed by atoms with Gasteiger partial charge >= 0.3 is 0 Å². The molecule has 1 heteroatoms. The molecule has 0 aliphatic heterocycles. The molecule has 0 rings (SSSR count). The molecule has 78 valence electrons. The van der Waals surface area contributed by atoms with Gasteiger partial charge in [0.25, 0.3) is 0 Å². The fourth-order valence-electron chi connectivity index (χ4n) is 0.523. The van der Waals surface area contributed by atoms with Crippen LogP contribution in [-0.4, -0.2) is 13.7 Å². The molecule has 0 amide bonds. The first-order valence-electron chi connectivity index (χ1n) is 5.30. The number of hydrogen-bond donors (Lipinski definition) is 0. The van der Waals surface area contributed by atoms with E-state index in [2.05, 4.69) is 13.8 Å². The molecule has 0 heterocycles. The molecule has 12 heavy (non-hydrogen) atoms. The summed E-state index contributed by atoms with van der Waals surface area (Å²) in [6, 6.07) is 0. The predicted octanol–water partition coefficient (Wildman–Crippen LogP) is 4.12. The van der Waals surface area contributed by atoms with Crippen LogP contribution in [0.3, 0.4) is 0 Å². The maximum atomic E-state index is 4.91. The molecule has 0 fully saturated rings. The van der Waals surface area contributed by atoms with Crippen LogP contribution in [0.2, 0.25) is 0 Å². The van der Waals surface area contributed by atoms with E-state index in [9.17, 15) is 0 Å². The summed E-state index contributed by atoms with van der Waals surface area (Å²) in [5.74, 6) is 0.829. The van der Waals surface area contributed by atoms with E-state index in [-0.39, 0.29) is 0 Å². The standard InChI is InChI=1S/C7H16O.2C2H6/c1-4-7(2)5-6-8-3;2*1-2/h7H,4-6H2,1-3H3;2*1-2H3. The molecular formula is C11H28O. The van der Waals surface area contributed by atoms with Crippen molar-refractivity contribution in [2.75, 3.05) is 13.7 Å². The fourth-order valence-corrected chi connectivity index (χ4v) is 0.523. The van der Waals surface area contributed by atoms with Crippen LogP contribution < -0.4 is 0 Å². The Bertz CT molecular complexity index is 44.3. The molecule has 1 unspecified atom stereocenters. The van der Waals surface area contributed by atoms with Crippen molar-refractivity contribution in [3.8, 4) is 0 Å². The van der Waals surface area contributed by atoms with E-state index in [1.54, 1.807) is 7.11 Å². The Kier molecular flexibility index (Phi) is 33.5.